The minimum absolute atomic E-state index is 0.0833. The Morgan fingerprint density at radius 3 is 2.37 bits per heavy atom. The number of halogens is 4. The molecule has 0 fully saturated rings. The van der Waals surface area contributed by atoms with Gasteiger partial charge in [-0.1, -0.05) is 31.5 Å². The van der Waals surface area contributed by atoms with Crippen LogP contribution < -0.4 is 10.1 Å². The SMILES string of the molecule is CCN(CC)CCOc1ccc(NC(=O)C=Cc2ccc(C(F)(F)F)cc2Cl)cc1. The molecule has 8 heteroatoms. The second-order valence-electron chi connectivity index (χ2n) is 6.46. The fourth-order valence-electron chi connectivity index (χ4n) is 2.65. The summed E-state index contributed by atoms with van der Waals surface area (Å²) in [6.45, 7) is 7.54. The van der Waals surface area contributed by atoms with Crippen molar-refractivity contribution in [2.75, 3.05) is 31.6 Å². The van der Waals surface area contributed by atoms with E-state index in [1.54, 1.807) is 24.3 Å². The molecule has 0 radical (unpaired) electrons. The molecule has 1 N–H and O–H groups in total. The van der Waals surface area contributed by atoms with E-state index >= 15 is 0 Å². The molecule has 0 aliphatic rings. The van der Waals surface area contributed by atoms with Crippen LogP contribution in [0.1, 0.15) is 25.0 Å². The fourth-order valence-corrected chi connectivity index (χ4v) is 2.90. The number of rotatable bonds is 9. The van der Waals surface area contributed by atoms with E-state index in [4.69, 9.17) is 16.3 Å². The lowest BCUT2D eigenvalue weighted by molar-refractivity contribution is -0.137. The zero-order valence-electron chi connectivity index (χ0n) is 16.8. The van der Waals surface area contributed by atoms with Crippen molar-refractivity contribution < 1.29 is 22.7 Å². The van der Waals surface area contributed by atoms with E-state index in [0.29, 0.717) is 23.6 Å². The number of benzene rings is 2. The third kappa shape index (κ3) is 7.39. The van der Waals surface area contributed by atoms with Gasteiger partial charge in [-0.05, 0) is 61.1 Å². The van der Waals surface area contributed by atoms with Gasteiger partial charge in [0.15, 0.2) is 0 Å². The second kappa shape index (κ2) is 11.0. The molecule has 1 amide bonds. The maximum absolute atomic E-state index is 12.7. The van der Waals surface area contributed by atoms with Crippen LogP contribution in [0.2, 0.25) is 5.02 Å². The van der Waals surface area contributed by atoms with Crippen LogP contribution in [0, 0.1) is 0 Å². The van der Waals surface area contributed by atoms with Gasteiger partial charge in [0.2, 0.25) is 5.91 Å². The van der Waals surface area contributed by atoms with Crippen LogP contribution in [-0.2, 0) is 11.0 Å². The van der Waals surface area contributed by atoms with E-state index in [-0.39, 0.29) is 5.02 Å². The summed E-state index contributed by atoms with van der Waals surface area (Å²) in [7, 11) is 0. The van der Waals surface area contributed by atoms with E-state index in [0.717, 1.165) is 31.8 Å². The Balaban J connectivity index is 1.89. The number of hydrogen-bond acceptors (Lipinski definition) is 3. The van der Waals surface area contributed by atoms with Crippen LogP contribution in [0.5, 0.6) is 5.75 Å². The molecule has 0 saturated heterocycles. The Kier molecular flexibility index (Phi) is 8.74. The summed E-state index contributed by atoms with van der Waals surface area (Å²) >= 11 is 5.88. The molecule has 30 heavy (non-hydrogen) atoms. The smallest absolute Gasteiger partial charge is 0.416 e. The minimum atomic E-state index is -4.47. The quantitative estimate of drug-likeness (QED) is 0.506. The lowest BCUT2D eigenvalue weighted by Crippen LogP contribution is -2.27. The standard InChI is InChI=1S/C22H24ClF3N2O2/c1-3-28(4-2)13-14-30-19-10-8-18(9-11-19)27-21(29)12-6-16-5-7-17(15-20(16)23)22(24,25)26/h5-12,15H,3-4,13-14H2,1-2H3,(H,27,29). The number of hydrogen-bond donors (Lipinski definition) is 1. The van der Waals surface area contributed by atoms with Crippen LogP contribution in [-0.4, -0.2) is 37.0 Å². The van der Waals surface area contributed by atoms with Gasteiger partial charge in [-0.15, -0.1) is 0 Å². The second-order valence-corrected chi connectivity index (χ2v) is 6.86. The van der Waals surface area contributed by atoms with Crippen molar-refractivity contribution in [1.29, 1.82) is 0 Å². The molecule has 0 aliphatic carbocycles. The third-order valence-electron chi connectivity index (χ3n) is 4.43. The number of ether oxygens (including phenoxy) is 1. The van der Waals surface area contributed by atoms with Crippen molar-refractivity contribution in [3.05, 3.63) is 64.7 Å². The van der Waals surface area contributed by atoms with Crippen LogP contribution in [0.4, 0.5) is 18.9 Å². The summed E-state index contributed by atoms with van der Waals surface area (Å²) in [5.74, 6) is 0.272. The molecule has 0 heterocycles. The number of carbonyl (C=O) groups is 1. The lowest BCUT2D eigenvalue weighted by Gasteiger charge is -2.18. The topological polar surface area (TPSA) is 41.6 Å². The first kappa shape index (κ1) is 23.8. The van der Waals surface area contributed by atoms with Crippen LogP contribution in [0.3, 0.4) is 0 Å². The van der Waals surface area contributed by atoms with Crippen molar-refractivity contribution in [2.45, 2.75) is 20.0 Å². The number of likely N-dealkylation sites (N-methyl/N-ethyl adjacent to an activating group) is 1. The molecule has 162 valence electrons. The van der Waals surface area contributed by atoms with Crippen molar-refractivity contribution in [3.8, 4) is 5.75 Å². The molecule has 2 aromatic carbocycles. The third-order valence-corrected chi connectivity index (χ3v) is 4.76. The predicted octanol–water partition coefficient (Wildman–Crippen LogP) is 5.73. The number of alkyl halides is 3. The number of amides is 1. The Hall–Kier alpha value is -2.51. The molecule has 0 unspecified atom stereocenters. The van der Waals surface area contributed by atoms with Gasteiger partial charge in [0.1, 0.15) is 12.4 Å². The lowest BCUT2D eigenvalue weighted by atomic mass is 10.1. The molecule has 0 saturated carbocycles. The molecule has 2 rings (SSSR count). The maximum atomic E-state index is 12.7. The first-order valence-electron chi connectivity index (χ1n) is 9.54. The zero-order valence-corrected chi connectivity index (χ0v) is 17.6. The summed E-state index contributed by atoms with van der Waals surface area (Å²) in [5.41, 5.74) is 0.0459. The van der Waals surface area contributed by atoms with Crippen LogP contribution in [0.25, 0.3) is 6.08 Å². The summed E-state index contributed by atoms with van der Waals surface area (Å²) in [4.78, 5) is 14.3. The maximum Gasteiger partial charge on any atom is 0.416 e. The Bertz CT molecular complexity index is 864. The molecule has 4 nitrogen and oxygen atoms in total. The Morgan fingerprint density at radius 1 is 1.13 bits per heavy atom. The minimum Gasteiger partial charge on any atom is -0.492 e. The van der Waals surface area contributed by atoms with Crippen LogP contribution >= 0.6 is 11.6 Å². The largest absolute Gasteiger partial charge is 0.492 e. The van der Waals surface area contributed by atoms with Gasteiger partial charge < -0.3 is 15.0 Å². The van der Waals surface area contributed by atoms with Gasteiger partial charge >= 0.3 is 6.18 Å². The summed E-state index contributed by atoms with van der Waals surface area (Å²) in [6.07, 6.45) is -1.89. The van der Waals surface area contributed by atoms with Crippen molar-refractivity contribution in [2.24, 2.45) is 0 Å². The van der Waals surface area contributed by atoms with Gasteiger partial charge in [0, 0.05) is 23.3 Å². The van der Waals surface area contributed by atoms with E-state index < -0.39 is 17.6 Å². The number of anilines is 1. The van der Waals surface area contributed by atoms with E-state index in [1.165, 1.54) is 18.2 Å². The highest BCUT2D eigenvalue weighted by molar-refractivity contribution is 6.32. The average molecular weight is 441 g/mol. The highest BCUT2D eigenvalue weighted by atomic mass is 35.5. The average Bonchev–Trinajstić information content (AvgIpc) is 2.71. The summed E-state index contributed by atoms with van der Waals surface area (Å²) in [5, 5.41) is 2.59. The molecule has 0 aromatic heterocycles. The van der Waals surface area contributed by atoms with E-state index in [1.807, 2.05) is 0 Å². The molecule has 0 atom stereocenters. The number of nitrogens with one attached hydrogen (secondary N) is 1. The van der Waals surface area contributed by atoms with Gasteiger partial charge in [-0.2, -0.15) is 13.2 Å². The summed E-state index contributed by atoms with van der Waals surface area (Å²) < 4.78 is 43.7. The highest BCUT2D eigenvalue weighted by Gasteiger charge is 2.30. The van der Waals surface area contributed by atoms with E-state index in [2.05, 4.69) is 24.1 Å². The van der Waals surface area contributed by atoms with E-state index in [9.17, 15) is 18.0 Å². The summed E-state index contributed by atoms with van der Waals surface area (Å²) in [6, 6.07) is 9.91. The molecular weight excluding hydrogens is 417 g/mol. The Labute approximate surface area is 179 Å². The molecular formula is C22H24ClF3N2O2. The van der Waals surface area contributed by atoms with Gasteiger partial charge in [0.25, 0.3) is 0 Å². The monoisotopic (exact) mass is 440 g/mol. The van der Waals surface area contributed by atoms with Crippen molar-refractivity contribution in [3.63, 3.8) is 0 Å². The Morgan fingerprint density at radius 2 is 1.80 bits per heavy atom. The normalized spacial score (nSPS) is 11.8. The highest BCUT2D eigenvalue weighted by Crippen LogP contribution is 2.32. The van der Waals surface area contributed by atoms with Gasteiger partial charge in [-0.25, -0.2) is 0 Å². The fraction of sp³-hybridized carbons (Fsp3) is 0.318. The molecule has 0 spiro atoms. The first-order chi connectivity index (χ1) is 14.2. The van der Waals surface area contributed by atoms with Gasteiger partial charge in [0.05, 0.1) is 5.56 Å². The predicted molar refractivity (Wildman–Crippen MR) is 114 cm³/mol. The molecule has 0 bridgehead atoms. The number of carbonyl (C=O) groups excluding carboxylic acids is 1. The van der Waals surface area contributed by atoms with Crippen molar-refractivity contribution in [1.82, 2.24) is 4.90 Å². The van der Waals surface area contributed by atoms with Crippen LogP contribution in [0.15, 0.2) is 48.5 Å². The van der Waals surface area contributed by atoms with Crippen molar-refractivity contribution >= 4 is 29.3 Å². The van der Waals surface area contributed by atoms with Gasteiger partial charge in [-0.3, -0.25) is 4.79 Å². The zero-order chi connectivity index (χ0) is 22.1. The molecule has 0 aliphatic heterocycles. The number of nitrogens with zero attached hydrogens (tertiary/aromatic N) is 1. The molecule has 2 aromatic rings. The first-order valence-corrected chi connectivity index (χ1v) is 9.91.